The predicted octanol–water partition coefficient (Wildman–Crippen LogP) is 0.481. The highest BCUT2D eigenvalue weighted by Gasteiger charge is 2.25. The minimum Gasteiger partial charge on any atom is -0.579 e. The van der Waals surface area contributed by atoms with Crippen molar-refractivity contribution in [3.63, 3.8) is 0 Å². The fourth-order valence-electron chi connectivity index (χ4n) is 1.94. The number of hydrogen-bond donors (Lipinski definition) is 3. The van der Waals surface area contributed by atoms with Gasteiger partial charge in [0.25, 0.3) is 0 Å². The van der Waals surface area contributed by atoms with Crippen LogP contribution >= 0.6 is 15.9 Å². The first-order valence-electron chi connectivity index (χ1n) is 7.25. The lowest BCUT2D eigenvalue weighted by atomic mass is 10.2. The molecule has 27 heavy (non-hydrogen) atoms. The molecule has 146 valence electrons. The fraction of sp³-hybridized carbons (Fsp3) is 0.231. The van der Waals surface area contributed by atoms with Gasteiger partial charge in [-0.25, -0.2) is 9.02 Å². The lowest BCUT2D eigenvalue weighted by Gasteiger charge is -2.18. The molecule has 1 aromatic heterocycles. The molecule has 0 spiro atoms. The summed E-state index contributed by atoms with van der Waals surface area (Å²) >= 11 is 1.41. The van der Waals surface area contributed by atoms with E-state index in [-0.39, 0.29) is 34.9 Å². The lowest BCUT2D eigenvalue weighted by molar-refractivity contribution is -0.106. The summed E-state index contributed by atoms with van der Waals surface area (Å²) in [6, 6.07) is 3.94. The molecule has 4 N–H and O–H groups in total. The number of nitrogens with two attached hydrogens (primary N) is 1. The summed E-state index contributed by atoms with van der Waals surface area (Å²) in [6.07, 6.45) is 0.453. The average molecular weight is 464 g/mol. The number of oxime groups is 1. The normalized spacial score (nSPS) is 12.6. The van der Waals surface area contributed by atoms with Gasteiger partial charge in [0.2, 0.25) is 18.1 Å². The second-order valence-electron chi connectivity index (χ2n) is 4.75. The van der Waals surface area contributed by atoms with Crippen LogP contribution in [0.4, 0.5) is 15.9 Å². The largest absolute Gasteiger partial charge is 0.579 e. The topological polar surface area (TPSA) is 154 Å². The molecule has 1 atom stereocenters. The standard InChI is InChI=1S/C13H15BrFN7O4S/c1-25-21-13(22(7-23)8-2-3-10(15)9(14)6-8)11-12(20-26-19-11)17-4-5-18-27(16)24/h2-3,6-7,18H,4-5,16H2,1H3,(H,17,20)/b21-13-. The Kier molecular flexibility index (Phi) is 7.93. The Morgan fingerprint density at radius 1 is 1.56 bits per heavy atom. The molecule has 11 nitrogen and oxygen atoms in total. The van der Waals surface area contributed by atoms with Gasteiger partial charge in [-0.15, -0.1) is 9.86 Å². The number of benzene rings is 1. The molecule has 0 bridgehead atoms. The Morgan fingerprint density at radius 3 is 2.96 bits per heavy atom. The van der Waals surface area contributed by atoms with Crippen LogP contribution in [-0.2, 0) is 21.2 Å². The van der Waals surface area contributed by atoms with Crippen molar-refractivity contribution in [2.24, 2.45) is 10.3 Å². The van der Waals surface area contributed by atoms with Crippen molar-refractivity contribution in [3.8, 4) is 0 Å². The molecule has 0 radical (unpaired) electrons. The van der Waals surface area contributed by atoms with Gasteiger partial charge in [0.15, 0.2) is 5.69 Å². The molecule has 1 amide bonds. The minimum atomic E-state index is -1.65. The Labute approximate surface area is 164 Å². The number of rotatable bonds is 9. The van der Waals surface area contributed by atoms with Crippen molar-refractivity contribution in [2.75, 3.05) is 30.4 Å². The van der Waals surface area contributed by atoms with Crippen LogP contribution in [0.5, 0.6) is 0 Å². The summed E-state index contributed by atoms with van der Waals surface area (Å²) < 4.78 is 31.6. The van der Waals surface area contributed by atoms with E-state index in [0.29, 0.717) is 12.1 Å². The second kappa shape index (κ2) is 10.2. The number of carbonyl (C=O) groups excluding carboxylic acids is 1. The first kappa shape index (κ1) is 21.0. The van der Waals surface area contributed by atoms with Gasteiger partial charge in [0, 0.05) is 6.54 Å². The van der Waals surface area contributed by atoms with Crippen molar-refractivity contribution in [2.45, 2.75) is 0 Å². The van der Waals surface area contributed by atoms with Gasteiger partial charge in [-0.1, -0.05) is 5.16 Å². The number of nitrogens with one attached hydrogen (secondary N) is 2. The summed E-state index contributed by atoms with van der Waals surface area (Å²) in [4.78, 5) is 17.6. The lowest BCUT2D eigenvalue weighted by Crippen LogP contribution is -2.35. The smallest absolute Gasteiger partial charge is 0.220 e. The van der Waals surface area contributed by atoms with Crippen LogP contribution in [0.2, 0.25) is 0 Å². The van der Waals surface area contributed by atoms with Crippen LogP contribution in [0.15, 0.2) is 32.5 Å². The van der Waals surface area contributed by atoms with E-state index in [1.165, 1.54) is 25.3 Å². The Hall–Kier alpha value is -2.26. The van der Waals surface area contributed by atoms with Crippen molar-refractivity contribution in [1.82, 2.24) is 15.0 Å². The number of carbonyl (C=O) groups is 1. The Balaban J connectivity index is 2.28. The molecule has 1 aromatic carbocycles. The number of hydrogen-bond acceptors (Lipinski definition) is 10. The zero-order valence-corrected chi connectivity index (χ0v) is 16.3. The highest BCUT2D eigenvalue weighted by Crippen LogP contribution is 2.25. The predicted molar refractivity (Wildman–Crippen MR) is 99.3 cm³/mol. The summed E-state index contributed by atoms with van der Waals surface area (Å²) in [5, 5.41) is 19.2. The van der Waals surface area contributed by atoms with E-state index in [4.69, 9.17) is 14.6 Å². The number of halogens is 2. The number of amides is 1. The highest BCUT2D eigenvalue weighted by atomic mass is 79.9. The number of aromatic nitrogens is 2. The third-order valence-electron chi connectivity index (χ3n) is 3.05. The van der Waals surface area contributed by atoms with E-state index < -0.39 is 17.4 Å². The molecule has 14 heteroatoms. The SMILES string of the molecule is CO/N=C(/c1nonc1NCCN[S+](N)[O-])N(C=O)c1ccc(F)c(Br)c1. The van der Waals surface area contributed by atoms with Crippen molar-refractivity contribution < 1.29 is 23.2 Å². The maximum atomic E-state index is 13.5. The van der Waals surface area contributed by atoms with Crippen LogP contribution in [0.25, 0.3) is 0 Å². The number of amidine groups is 1. The number of anilines is 2. The third-order valence-corrected chi connectivity index (χ3v) is 4.15. The molecule has 0 aliphatic rings. The van der Waals surface area contributed by atoms with Crippen LogP contribution in [0.3, 0.4) is 0 Å². The van der Waals surface area contributed by atoms with E-state index in [2.05, 4.69) is 41.4 Å². The maximum absolute atomic E-state index is 13.5. The second-order valence-corrected chi connectivity index (χ2v) is 6.49. The molecule has 0 fully saturated rings. The van der Waals surface area contributed by atoms with Crippen molar-refractivity contribution >= 4 is 51.2 Å². The molecular weight excluding hydrogens is 449 g/mol. The van der Waals surface area contributed by atoms with E-state index in [1.807, 2.05) is 0 Å². The van der Waals surface area contributed by atoms with Crippen molar-refractivity contribution in [1.29, 1.82) is 0 Å². The van der Waals surface area contributed by atoms with Crippen LogP contribution in [0.1, 0.15) is 5.69 Å². The molecule has 0 aliphatic carbocycles. The quantitative estimate of drug-likeness (QED) is 0.120. The van der Waals surface area contributed by atoms with Gasteiger partial charge in [0.05, 0.1) is 16.7 Å². The van der Waals surface area contributed by atoms with Gasteiger partial charge in [-0.2, -0.15) is 0 Å². The first-order valence-corrected chi connectivity index (χ1v) is 9.25. The molecular formula is C13H15BrFN7O4S. The van der Waals surface area contributed by atoms with E-state index in [0.717, 1.165) is 4.90 Å². The molecule has 2 aromatic rings. The molecule has 0 aliphatic heterocycles. The van der Waals surface area contributed by atoms with E-state index in [1.54, 1.807) is 0 Å². The monoisotopic (exact) mass is 463 g/mol. The summed E-state index contributed by atoms with van der Waals surface area (Å²) in [5.41, 5.74) is 0.362. The average Bonchev–Trinajstić information content (AvgIpc) is 3.09. The highest BCUT2D eigenvalue weighted by molar-refractivity contribution is 9.10. The molecule has 0 saturated heterocycles. The van der Waals surface area contributed by atoms with E-state index in [9.17, 15) is 13.7 Å². The van der Waals surface area contributed by atoms with Gasteiger partial charge >= 0.3 is 0 Å². The minimum absolute atomic E-state index is 0.0508. The van der Waals surface area contributed by atoms with Crippen LogP contribution in [-0.4, -0.2) is 47.3 Å². The van der Waals surface area contributed by atoms with Crippen molar-refractivity contribution in [3.05, 3.63) is 34.2 Å². The summed E-state index contributed by atoms with van der Waals surface area (Å²) in [7, 11) is 1.28. The summed E-state index contributed by atoms with van der Waals surface area (Å²) in [6.45, 7) is 0.530. The number of nitrogens with zero attached hydrogens (tertiary/aromatic N) is 4. The molecule has 2 rings (SSSR count). The van der Waals surface area contributed by atoms with Gasteiger partial charge in [-0.3, -0.25) is 9.69 Å². The first-order chi connectivity index (χ1) is 13.0. The molecule has 1 heterocycles. The Bertz CT molecular complexity index is 807. The fourth-order valence-corrected chi connectivity index (χ4v) is 2.61. The molecule has 0 saturated carbocycles. The van der Waals surface area contributed by atoms with Crippen LogP contribution < -0.4 is 20.1 Å². The van der Waals surface area contributed by atoms with Gasteiger partial charge in [-0.05, 0) is 44.4 Å². The maximum Gasteiger partial charge on any atom is 0.220 e. The Morgan fingerprint density at radius 2 is 2.33 bits per heavy atom. The zero-order valence-electron chi connectivity index (χ0n) is 13.9. The van der Waals surface area contributed by atoms with Gasteiger partial charge < -0.3 is 14.7 Å². The van der Waals surface area contributed by atoms with Crippen LogP contribution in [0, 0.1) is 5.82 Å². The third kappa shape index (κ3) is 5.61. The van der Waals surface area contributed by atoms with Gasteiger partial charge in [0.1, 0.15) is 24.5 Å². The molecule has 1 unspecified atom stereocenters. The summed E-state index contributed by atoms with van der Waals surface area (Å²) in [5.74, 6) is -0.390. The zero-order chi connectivity index (χ0) is 19.8. The van der Waals surface area contributed by atoms with E-state index >= 15 is 0 Å².